The lowest BCUT2D eigenvalue weighted by atomic mass is 9.87. The van der Waals surface area contributed by atoms with Crippen LogP contribution in [-0.2, 0) is 4.79 Å². The van der Waals surface area contributed by atoms with Crippen LogP contribution < -0.4 is 5.32 Å². The Morgan fingerprint density at radius 1 is 1.35 bits per heavy atom. The van der Waals surface area contributed by atoms with E-state index in [0.717, 1.165) is 35.7 Å². The number of amides is 1. The Morgan fingerprint density at radius 3 is 2.70 bits per heavy atom. The van der Waals surface area contributed by atoms with Crippen LogP contribution in [0.15, 0.2) is 34.8 Å². The molecule has 1 fully saturated rings. The van der Waals surface area contributed by atoms with E-state index in [2.05, 4.69) is 21.2 Å². The minimum Gasteiger partial charge on any atom is -0.396 e. The van der Waals surface area contributed by atoms with Gasteiger partial charge in [0.25, 0.3) is 0 Å². The maximum Gasteiger partial charge on any atom is 0.244 e. The van der Waals surface area contributed by atoms with Crippen LogP contribution >= 0.6 is 15.9 Å². The maximum atomic E-state index is 11.8. The minimum atomic E-state index is -0.111. The summed E-state index contributed by atoms with van der Waals surface area (Å²) in [5.41, 5.74) is 0.872. The third kappa shape index (κ3) is 3.93. The van der Waals surface area contributed by atoms with E-state index in [1.807, 2.05) is 24.3 Å². The summed E-state index contributed by atoms with van der Waals surface area (Å²) in [6.45, 7) is 0.712. The predicted molar refractivity (Wildman–Crippen MR) is 84.2 cm³/mol. The summed E-state index contributed by atoms with van der Waals surface area (Å²) in [5.74, 6) is -0.111. The second kappa shape index (κ2) is 7.04. The molecule has 0 saturated heterocycles. The lowest BCUT2D eigenvalue weighted by Gasteiger charge is -2.26. The molecule has 4 heteroatoms. The summed E-state index contributed by atoms with van der Waals surface area (Å²) in [6, 6.07) is 7.76. The molecule has 1 aromatic carbocycles. The van der Waals surface area contributed by atoms with Crippen molar-refractivity contribution in [3.8, 4) is 0 Å². The fraction of sp³-hybridized carbons (Fsp3) is 0.438. The Bertz CT molecular complexity index is 493. The third-order valence-electron chi connectivity index (χ3n) is 3.96. The van der Waals surface area contributed by atoms with E-state index in [-0.39, 0.29) is 17.9 Å². The molecule has 1 aliphatic rings. The first-order valence-electron chi connectivity index (χ1n) is 6.97. The highest BCUT2D eigenvalue weighted by molar-refractivity contribution is 9.10. The summed E-state index contributed by atoms with van der Waals surface area (Å²) in [7, 11) is 0. The van der Waals surface area contributed by atoms with Gasteiger partial charge in [0.1, 0.15) is 0 Å². The number of rotatable bonds is 5. The van der Waals surface area contributed by atoms with Crippen molar-refractivity contribution in [2.75, 3.05) is 13.2 Å². The molecule has 0 aliphatic heterocycles. The van der Waals surface area contributed by atoms with Crippen LogP contribution in [0, 0.1) is 5.41 Å². The van der Waals surface area contributed by atoms with Gasteiger partial charge in [-0.3, -0.25) is 4.79 Å². The van der Waals surface area contributed by atoms with E-state index in [0.29, 0.717) is 6.54 Å². The molecule has 3 nitrogen and oxygen atoms in total. The van der Waals surface area contributed by atoms with Crippen molar-refractivity contribution in [3.63, 3.8) is 0 Å². The van der Waals surface area contributed by atoms with Crippen LogP contribution in [0.3, 0.4) is 0 Å². The van der Waals surface area contributed by atoms with Gasteiger partial charge >= 0.3 is 0 Å². The first kappa shape index (κ1) is 15.3. The highest BCUT2D eigenvalue weighted by Gasteiger charge is 2.33. The van der Waals surface area contributed by atoms with Gasteiger partial charge in [-0.2, -0.15) is 0 Å². The number of halogens is 1. The van der Waals surface area contributed by atoms with Gasteiger partial charge in [0.15, 0.2) is 0 Å². The zero-order chi connectivity index (χ0) is 14.4. The number of carbonyl (C=O) groups is 1. The van der Waals surface area contributed by atoms with Crippen LogP contribution in [-0.4, -0.2) is 24.2 Å². The number of hydrogen-bond donors (Lipinski definition) is 2. The Morgan fingerprint density at radius 2 is 2.05 bits per heavy atom. The summed E-state index contributed by atoms with van der Waals surface area (Å²) < 4.78 is 0.965. The Kier molecular flexibility index (Phi) is 5.38. The first-order valence-corrected chi connectivity index (χ1v) is 7.76. The van der Waals surface area contributed by atoms with Crippen molar-refractivity contribution in [3.05, 3.63) is 40.4 Å². The Hall–Kier alpha value is -1.13. The molecule has 0 aromatic heterocycles. The molecule has 20 heavy (non-hydrogen) atoms. The average Bonchev–Trinajstić information content (AvgIpc) is 2.94. The molecule has 0 radical (unpaired) electrons. The van der Waals surface area contributed by atoms with Crippen molar-refractivity contribution in [2.45, 2.75) is 25.7 Å². The molecule has 108 valence electrons. The molecule has 0 bridgehead atoms. The van der Waals surface area contributed by atoms with E-state index < -0.39 is 0 Å². The van der Waals surface area contributed by atoms with Gasteiger partial charge in [-0.1, -0.05) is 47.0 Å². The second-order valence-corrected chi connectivity index (χ2v) is 6.29. The number of hydrogen-bond acceptors (Lipinski definition) is 2. The monoisotopic (exact) mass is 337 g/mol. The molecular weight excluding hydrogens is 318 g/mol. The van der Waals surface area contributed by atoms with Crippen LogP contribution in [0.1, 0.15) is 31.2 Å². The zero-order valence-corrected chi connectivity index (χ0v) is 13.0. The lowest BCUT2D eigenvalue weighted by molar-refractivity contribution is -0.117. The second-order valence-electron chi connectivity index (χ2n) is 5.44. The summed E-state index contributed by atoms with van der Waals surface area (Å²) >= 11 is 3.44. The molecule has 0 unspecified atom stereocenters. The van der Waals surface area contributed by atoms with E-state index in [4.69, 9.17) is 0 Å². The molecule has 1 amide bonds. The molecule has 2 rings (SSSR count). The normalized spacial score (nSPS) is 17.5. The lowest BCUT2D eigenvalue weighted by Crippen LogP contribution is -2.37. The smallest absolute Gasteiger partial charge is 0.244 e. The predicted octanol–water partition coefficient (Wildman–Crippen LogP) is 3.13. The van der Waals surface area contributed by atoms with Crippen LogP contribution in [0.2, 0.25) is 0 Å². The maximum absolute atomic E-state index is 11.8. The zero-order valence-electron chi connectivity index (χ0n) is 11.4. The Balaban J connectivity index is 1.88. The standard InChI is InChI=1S/C16H20BrNO2/c17-14-6-2-1-5-13(14)7-8-15(20)18-11-16(12-19)9-3-4-10-16/h1-2,5-8,19H,3-4,9-12H2,(H,18,20)/b8-7+. The summed E-state index contributed by atoms with van der Waals surface area (Å²) in [5, 5.41) is 12.4. The van der Waals surface area contributed by atoms with E-state index in [1.54, 1.807) is 12.2 Å². The topological polar surface area (TPSA) is 49.3 Å². The van der Waals surface area contributed by atoms with Gasteiger partial charge in [-0.15, -0.1) is 0 Å². The first-order chi connectivity index (χ1) is 9.65. The number of aliphatic hydroxyl groups excluding tert-OH is 1. The van der Waals surface area contributed by atoms with Crippen molar-refractivity contribution in [2.24, 2.45) is 5.41 Å². The van der Waals surface area contributed by atoms with E-state index in [9.17, 15) is 9.90 Å². The molecular formula is C16H20BrNO2. The van der Waals surface area contributed by atoms with Crippen molar-refractivity contribution < 1.29 is 9.90 Å². The molecule has 0 atom stereocenters. The quantitative estimate of drug-likeness (QED) is 0.811. The molecule has 1 saturated carbocycles. The largest absolute Gasteiger partial charge is 0.396 e. The Labute approximate surface area is 128 Å². The SMILES string of the molecule is O=C(/C=C/c1ccccc1Br)NCC1(CO)CCCC1. The van der Waals surface area contributed by atoms with Crippen LogP contribution in [0.25, 0.3) is 6.08 Å². The molecule has 2 N–H and O–H groups in total. The van der Waals surface area contributed by atoms with Gasteiger partial charge in [0.2, 0.25) is 5.91 Å². The fourth-order valence-corrected chi connectivity index (χ4v) is 3.04. The van der Waals surface area contributed by atoms with Gasteiger partial charge < -0.3 is 10.4 Å². The molecule has 0 spiro atoms. The van der Waals surface area contributed by atoms with Gasteiger partial charge in [0.05, 0.1) is 6.61 Å². The van der Waals surface area contributed by atoms with Crippen molar-refractivity contribution in [1.29, 1.82) is 0 Å². The highest BCUT2D eigenvalue weighted by atomic mass is 79.9. The van der Waals surface area contributed by atoms with Gasteiger partial charge in [-0.25, -0.2) is 0 Å². The average molecular weight is 338 g/mol. The summed E-state index contributed by atoms with van der Waals surface area (Å²) in [6.07, 6.45) is 7.61. The minimum absolute atomic E-state index is 0.100. The molecule has 0 heterocycles. The number of aliphatic hydroxyl groups is 1. The molecule has 1 aliphatic carbocycles. The van der Waals surface area contributed by atoms with Gasteiger partial charge in [0, 0.05) is 22.5 Å². The highest BCUT2D eigenvalue weighted by Crippen LogP contribution is 2.36. The van der Waals surface area contributed by atoms with E-state index in [1.165, 1.54) is 0 Å². The van der Waals surface area contributed by atoms with E-state index >= 15 is 0 Å². The molecule has 1 aromatic rings. The third-order valence-corrected chi connectivity index (χ3v) is 4.68. The van der Waals surface area contributed by atoms with Gasteiger partial charge in [-0.05, 0) is 30.5 Å². The summed E-state index contributed by atoms with van der Waals surface area (Å²) in [4.78, 5) is 11.8. The number of nitrogens with one attached hydrogen (secondary N) is 1. The fourth-order valence-electron chi connectivity index (χ4n) is 2.63. The van der Waals surface area contributed by atoms with Crippen molar-refractivity contribution >= 4 is 27.9 Å². The van der Waals surface area contributed by atoms with Crippen LogP contribution in [0.4, 0.5) is 0 Å². The number of carbonyl (C=O) groups excluding carboxylic acids is 1. The van der Waals surface area contributed by atoms with Crippen LogP contribution in [0.5, 0.6) is 0 Å². The van der Waals surface area contributed by atoms with Crippen molar-refractivity contribution in [1.82, 2.24) is 5.32 Å². The number of benzene rings is 1.